The number of nitrogens with zero attached hydrogens (tertiary/aromatic N) is 5. The molecule has 0 aliphatic heterocycles. The SMILES string of the molecule is CC(NCc1ncn(C)n1)c1cnn(-c2ccccc2)c1. The highest BCUT2D eigenvalue weighted by molar-refractivity contribution is 5.31. The van der Waals surface area contributed by atoms with Gasteiger partial charge in [0.25, 0.3) is 0 Å². The summed E-state index contributed by atoms with van der Waals surface area (Å²) >= 11 is 0. The second-order valence-electron chi connectivity index (χ2n) is 4.99. The normalized spacial score (nSPS) is 12.5. The summed E-state index contributed by atoms with van der Waals surface area (Å²) in [5.41, 5.74) is 2.19. The number of hydrogen-bond donors (Lipinski definition) is 1. The van der Waals surface area contributed by atoms with Crippen LogP contribution in [-0.4, -0.2) is 24.5 Å². The molecule has 2 heterocycles. The van der Waals surface area contributed by atoms with Gasteiger partial charge in [0, 0.05) is 24.8 Å². The van der Waals surface area contributed by atoms with Crippen molar-refractivity contribution in [2.45, 2.75) is 19.5 Å². The van der Waals surface area contributed by atoms with Crippen molar-refractivity contribution in [2.75, 3.05) is 0 Å². The van der Waals surface area contributed by atoms with Crippen LogP contribution in [0.2, 0.25) is 0 Å². The lowest BCUT2D eigenvalue weighted by molar-refractivity contribution is 0.556. The Labute approximate surface area is 123 Å². The molecular formula is C15H18N6. The zero-order valence-corrected chi connectivity index (χ0v) is 12.1. The summed E-state index contributed by atoms with van der Waals surface area (Å²) in [7, 11) is 1.86. The average molecular weight is 282 g/mol. The maximum atomic E-state index is 4.41. The fourth-order valence-corrected chi connectivity index (χ4v) is 2.11. The fourth-order valence-electron chi connectivity index (χ4n) is 2.11. The first-order chi connectivity index (χ1) is 10.2. The number of aryl methyl sites for hydroxylation is 1. The van der Waals surface area contributed by atoms with Crippen LogP contribution < -0.4 is 5.32 Å². The lowest BCUT2D eigenvalue weighted by Crippen LogP contribution is -2.18. The topological polar surface area (TPSA) is 60.6 Å². The molecule has 0 saturated heterocycles. The molecule has 1 atom stereocenters. The van der Waals surface area contributed by atoms with Crippen molar-refractivity contribution in [3.63, 3.8) is 0 Å². The molecule has 0 bridgehead atoms. The molecule has 0 aliphatic carbocycles. The smallest absolute Gasteiger partial charge is 0.164 e. The van der Waals surface area contributed by atoms with Crippen molar-refractivity contribution in [3.05, 3.63) is 60.4 Å². The monoisotopic (exact) mass is 282 g/mol. The van der Waals surface area contributed by atoms with Gasteiger partial charge in [0.1, 0.15) is 6.33 Å². The minimum absolute atomic E-state index is 0.186. The number of benzene rings is 1. The molecule has 108 valence electrons. The van der Waals surface area contributed by atoms with E-state index in [1.165, 1.54) is 0 Å². The molecule has 21 heavy (non-hydrogen) atoms. The van der Waals surface area contributed by atoms with Crippen LogP contribution in [0.1, 0.15) is 24.4 Å². The van der Waals surface area contributed by atoms with Crippen molar-refractivity contribution in [3.8, 4) is 5.69 Å². The van der Waals surface area contributed by atoms with Crippen LogP contribution in [0.15, 0.2) is 49.1 Å². The summed E-state index contributed by atoms with van der Waals surface area (Å²) in [6.07, 6.45) is 5.63. The summed E-state index contributed by atoms with van der Waals surface area (Å²) in [4.78, 5) is 4.20. The Morgan fingerprint density at radius 2 is 2.05 bits per heavy atom. The first-order valence-electron chi connectivity index (χ1n) is 6.90. The molecule has 6 heteroatoms. The number of aromatic nitrogens is 5. The highest BCUT2D eigenvalue weighted by atomic mass is 15.3. The van der Waals surface area contributed by atoms with Crippen molar-refractivity contribution >= 4 is 0 Å². The van der Waals surface area contributed by atoms with E-state index in [0.717, 1.165) is 17.1 Å². The summed E-state index contributed by atoms with van der Waals surface area (Å²) in [6, 6.07) is 10.3. The number of rotatable bonds is 5. The van der Waals surface area contributed by atoms with Gasteiger partial charge in [-0.2, -0.15) is 10.2 Å². The van der Waals surface area contributed by atoms with E-state index in [0.29, 0.717) is 6.54 Å². The van der Waals surface area contributed by atoms with E-state index in [1.54, 1.807) is 11.0 Å². The highest BCUT2D eigenvalue weighted by Crippen LogP contribution is 2.14. The van der Waals surface area contributed by atoms with Gasteiger partial charge in [-0.3, -0.25) is 4.68 Å². The highest BCUT2D eigenvalue weighted by Gasteiger charge is 2.09. The summed E-state index contributed by atoms with van der Waals surface area (Å²) < 4.78 is 3.58. The molecule has 0 spiro atoms. The minimum atomic E-state index is 0.186. The molecule has 0 amide bonds. The minimum Gasteiger partial charge on any atom is -0.303 e. The summed E-state index contributed by atoms with van der Waals surface area (Å²) in [5, 5.41) is 12.1. The van der Waals surface area contributed by atoms with E-state index in [-0.39, 0.29) is 6.04 Å². The van der Waals surface area contributed by atoms with Gasteiger partial charge in [-0.25, -0.2) is 9.67 Å². The van der Waals surface area contributed by atoms with Crippen molar-refractivity contribution < 1.29 is 0 Å². The van der Waals surface area contributed by atoms with E-state index in [9.17, 15) is 0 Å². The standard InChI is InChI=1S/C15H18N6/c1-12(16-9-15-17-11-20(2)19-15)13-8-18-21(10-13)14-6-4-3-5-7-14/h3-8,10-12,16H,9H2,1-2H3. The van der Waals surface area contributed by atoms with Crippen LogP contribution >= 0.6 is 0 Å². The molecule has 0 saturated carbocycles. The molecule has 3 aromatic rings. The van der Waals surface area contributed by atoms with Gasteiger partial charge in [-0.1, -0.05) is 18.2 Å². The maximum Gasteiger partial charge on any atom is 0.164 e. The van der Waals surface area contributed by atoms with Crippen LogP contribution in [-0.2, 0) is 13.6 Å². The Hall–Kier alpha value is -2.47. The van der Waals surface area contributed by atoms with Gasteiger partial charge in [-0.15, -0.1) is 0 Å². The lowest BCUT2D eigenvalue weighted by Gasteiger charge is -2.09. The zero-order chi connectivity index (χ0) is 14.7. The van der Waals surface area contributed by atoms with Gasteiger partial charge in [0.05, 0.1) is 18.4 Å². The van der Waals surface area contributed by atoms with Crippen LogP contribution in [0.25, 0.3) is 5.69 Å². The quantitative estimate of drug-likeness (QED) is 0.776. The molecule has 0 aliphatic rings. The van der Waals surface area contributed by atoms with Crippen LogP contribution in [0.5, 0.6) is 0 Å². The molecule has 6 nitrogen and oxygen atoms in total. The second-order valence-corrected chi connectivity index (χ2v) is 4.99. The van der Waals surface area contributed by atoms with Gasteiger partial charge in [-0.05, 0) is 19.1 Å². The number of nitrogens with one attached hydrogen (secondary N) is 1. The van der Waals surface area contributed by atoms with E-state index in [2.05, 4.69) is 27.4 Å². The molecule has 1 N–H and O–H groups in total. The first-order valence-corrected chi connectivity index (χ1v) is 6.90. The fraction of sp³-hybridized carbons (Fsp3) is 0.267. The molecule has 3 rings (SSSR count). The Morgan fingerprint density at radius 1 is 1.24 bits per heavy atom. The van der Waals surface area contributed by atoms with Crippen molar-refractivity contribution in [1.29, 1.82) is 0 Å². The molecule has 0 fully saturated rings. The third kappa shape index (κ3) is 3.17. The predicted molar refractivity (Wildman–Crippen MR) is 79.8 cm³/mol. The Balaban J connectivity index is 1.65. The van der Waals surface area contributed by atoms with Crippen LogP contribution in [0, 0.1) is 0 Å². The van der Waals surface area contributed by atoms with E-state index in [1.807, 2.05) is 54.5 Å². The molecular weight excluding hydrogens is 264 g/mol. The Morgan fingerprint density at radius 3 is 2.76 bits per heavy atom. The van der Waals surface area contributed by atoms with Crippen LogP contribution in [0.3, 0.4) is 0 Å². The third-order valence-electron chi connectivity index (χ3n) is 3.34. The van der Waals surface area contributed by atoms with Crippen molar-refractivity contribution in [1.82, 2.24) is 29.9 Å². The molecule has 2 aromatic heterocycles. The average Bonchev–Trinajstić information content (AvgIpc) is 3.15. The first kappa shape index (κ1) is 13.5. The van der Waals surface area contributed by atoms with Gasteiger partial charge in [0.2, 0.25) is 0 Å². The Bertz CT molecular complexity index is 700. The van der Waals surface area contributed by atoms with E-state index >= 15 is 0 Å². The predicted octanol–water partition coefficient (Wildman–Crippen LogP) is 1.85. The van der Waals surface area contributed by atoms with Gasteiger partial charge in [0.15, 0.2) is 5.82 Å². The molecule has 1 unspecified atom stereocenters. The number of hydrogen-bond acceptors (Lipinski definition) is 4. The Kier molecular flexibility index (Phi) is 3.79. The number of para-hydroxylation sites is 1. The van der Waals surface area contributed by atoms with Gasteiger partial charge >= 0.3 is 0 Å². The maximum absolute atomic E-state index is 4.41. The lowest BCUT2D eigenvalue weighted by atomic mass is 10.2. The summed E-state index contributed by atoms with van der Waals surface area (Å²) in [5.74, 6) is 0.791. The van der Waals surface area contributed by atoms with E-state index in [4.69, 9.17) is 0 Å². The van der Waals surface area contributed by atoms with Crippen LogP contribution in [0.4, 0.5) is 0 Å². The largest absolute Gasteiger partial charge is 0.303 e. The molecule has 0 radical (unpaired) electrons. The third-order valence-corrected chi connectivity index (χ3v) is 3.34. The second kappa shape index (κ2) is 5.88. The molecule has 1 aromatic carbocycles. The zero-order valence-electron chi connectivity index (χ0n) is 12.1. The van der Waals surface area contributed by atoms with Gasteiger partial charge < -0.3 is 5.32 Å². The van der Waals surface area contributed by atoms with E-state index < -0.39 is 0 Å². The van der Waals surface area contributed by atoms with Crippen molar-refractivity contribution in [2.24, 2.45) is 7.05 Å². The summed E-state index contributed by atoms with van der Waals surface area (Å²) in [6.45, 7) is 2.74.